The Labute approximate surface area is 102 Å². The van der Waals surface area contributed by atoms with E-state index in [4.69, 9.17) is 0 Å². The molecule has 1 aromatic rings. The SMILES string of the molecule is CC(C)n1nnnc1CCNC(=O)C(C)(C)C. The largest absolute Gasteiger partial charge is 0.355 e. The molecule has 6 nitrogen and oxygen atoms in total. The highest BCUT2D eigenvalue weighted by atomic mass is 16.2. The highest BCUT2D eigenvalue weighted by molar-refractivity contribution is 5.81. The van der Waals surface area contributed by atoms with Crippen molar-refractivity contribution in [3.63, 3.8) is 0 Å². The molecule has 1 N–H and O–H groups in total. The molecule has 0 saturated carbocycles. The fourth-order valence-corrected chi connectivity index (χ4v) is 1.33. The molecule has 0 spiro atoms. The summed E-state index contributed by atoms with van der Waals surface area (Å²) in [6.45, 7) is 10.3. The Morgan fingerprint density at radius 2 is 2.06 bits per heavy atom. The Hall–Kier alpha value is -1.46. The van der Waals surface area contributed by atoms with Crippen molar-refractivity contribution in [2.24, 2.45) is 5.41 Å². The Morgan fingerprint density at radius 1 is 1.41 bits per heavy atom. The van der Waals surface area contributed by atoms with Crippen LogP contribution in [0.5, 0.6) is 0 Å². The normalized spacial score (nSPS) is 11.9. The Balaban J connectivity index is 2.47. The fraction of sp³-hybridized carbons (Fsp3) is 0.818. The zero-order chi connectivity index (χ0) is 13.1. The summed E-state index contributed by atoms with van der Waals surface area (Å²) in [5.74, 6) is 0.843. The van der Waals surface area contributed by atoms with Gasteiger partial charge in [-0.1, -0.05) is 20.8 Å². The molecule has 0 radical (unpaired) electrons. The van der Waals surface area contributed by atoms with E-state index in [1.54, 1.807) is 4.68 Å². The van der Waals surface area contributed by atoms with Gasteiger partial charge in [-0.2, -0.15) is 0 Å². The molecule has 0 fully saturated rings. The molecule has 1 heterocycles. The summed E-state index contributed by atoms with van der Waals surface area (Å²) in [6, 6.07) is 0.235. The maximum absolute atomic E-state index is 11.6. The summed E-state index contributed by atoms with van der Waals surface area (Å²) in [7, 11) is 0. The first kappa shape index (κ1) is 13.6. The third kappa shape index (κ3) is 3.80. The molecule has 1 aromatic heterocycles. The maximum atomic E-state index is 11.6. The van der Waals surface area contributed by atoms with Gasteiger partial charge >= 0.3 is 0 Å². The fourth-order valence-electron chi connectivity index (χ4n) is 1.33. The van der Waals surface area contributed by atoms with Crippen LogP contribution in [-0.2, 0) is 11.2 Å². The number of hydrogen-bond acceptors (Lipinski definition) is 4. The second-order valence-corrected chi connectivity index (χ2v) is 5.39. The van der Waals surface area contributed by atoms with E-state index >= 15 is 0 Å². The number of rotatable bonds is 4. The van der Waals surface area contributed by atoms with Crippen molar-refractivity contribution in [1.29, 1.82) is 0 Å². The van der Waals surface area contributed by atoms with Gasteiger partial charge in [0.15, 0.2) is 5.82 Å². The lowest BCUT2D eigenvalue weighted by atomic mass is 9.96. The van der Waals surface area contributed by atoms with Crippen LogP contribution in [0, 0.1) is 5.41 Å². The summed E-state index contributed by atoms with van der Waals surface area (Å²) >= 11 is 0. The second kappa shape index (κ2) is 5.25. The first-order chi connectivity index (χ1) is 7.82. The van der Waals surface area contributed by atoms with Crippen LogP contribution in [0.1, 0.15) is 46.5 Å². The van der Waals surface area contributed by atoms with Crippen LogP contribution in [0.2, 0.25) is 0 Å². The molecule has 0 atom stereocenters. The Bertz CT molecular complexity index is 377. The number of carbonyl (C=O) groups excluding carboxylic acids is 1. The quantitative estimate of drug-likeness (QED) is 0.849. The highest BCUT2D eigenvalue weighted by Gasteiger charge is 2.20. The summed E-state index contributed by atoms with van der Waals surface area (Å²) in [4.78, 5) is 11.6. The lowest BCUT2D eigenvalue weighted by Crippen LogP contribution is -2.36. The first-order valence-corrected chi connectivity index (χ1v) is 5.87. The maximum Gasteiger partial charge on any atom is 0.225 e. The molecular formula is C11H21N5O. The van der Waals surface area contributed by atoms with E-state index in [0.29, 0.717) is 13.0 Å². The lowest BCUT2D eigenvalue weighted by Gasteiger charge is -2.17. The third-order valence-electron chi connectivity index (χ3n) is 2.37. The van der Waals surface area contributed by atoms with Gasteiger partial charge < -0.3 is 5.32 Å². The van der Waals surface area contributed by atoms with Crippen LogP contribution < -0.4 is 5.32 Å². The minimum atomic E-state index is -0.357. The van der Waals surface area contributed by atoms with Crippen LogP contribution in [-0.4, -0.2) is 32.7 Å². The zero-order valence-electron chi connectivity index (χ0n) is 11.2. The monoisotopic (exact) mass is 239 g/mol. The van der Waals surface area contributed by atoms with Crippen molar-refractivity contribution in [3.8, 4) is 0 Å². The van der Waals surface area contributed by atoms with E-state index in [0.717, 1.165) is 5.82 Å². The van der Waals surface area contributed by atoms with Crippen LogP contribution in [0.3, 0.4) is 0 Å². The number of carbonyl (C=O) groups is 1. The van der Waals surface area contributed by atoms with Gasteiger partial charge in [0.2, 0.25) is 5.91 Å². The van der Waals surface area contributed by atoms with Gasteiger partial charge in [-0.05, 0) is 24.3 Å². The zero-order valence-corrected chi connectivity index (χ0v) is 11.2. The summed E-state index contributed by atoms with van der Waals surface area (Å²) in [6.07, 6.45) is 0.646. The van der Waals surface area contributed by atoms with Gasteiger partial charge in [-0.15, -0.1) is 5.10 Å². The molecule has 96 valence electrons. The second-order valence-electron chi connectivity index (χ2n) is 5.39. The number of nitrogens with zero attached hydrogens (tertiary/aromatic N) is 4. The molecule has 0 aliphatic heterocycles. The number of tetrazole rings is 1. The molecule has 1 amide bonds. The smallest absolute Gasteiger partial charge is 0.225 e. The molecule has 17 heavy (non-hydrogen) atoms. The van der Waals surface area contributed by atoms with Crippen molar-refractivity contribution < 1.29 is 4.79 Å². The van der Waals surface area contributed by atoms with Crippen LogP contribution in [0.25, 0.3) is 0 Å². The average Bonchev–Trinajstić information content (AvgIpc) is 2.64. The molecule has 0 bridgehead atoms. The standard InChI is InChI=1S/C11H21N5O/c1-8(2)16-9(13-14-15-16)6-7-12-10(17)11(3,4)5/h8H,6-7H2,1-5H3,(H,12,17). The van der Waals surface area contributed by atoms with Gasteiger partial charge in [0.25, 0.3) is 0 Å². The van der Waals surface area contributed by atoms with E-state index < -0.39 is 0 Å². The molecule has 0 aliphatic rings. The Kier molecular flexibility index (Phi) is 4.20. The number of hydrogen-bond donors (Lipinski definition) is 1. The Morgan fingerprint density at radius 3 is 2.59 bits per heavy atom. The minimum absolute atomic E-state index is 0.0427. The van der Waals surface area contributed by atoms with Crippen molar-refractivity contribution >= 4 is 5.91 Å². The first-order valence-electron chi connectivity index (χ1n) is 5.87. The van der Waals surface area contributed by atoms with Crippen molar-refractivity contribution in [2.45, 2.75) is 47.1 Å². The van der Waals surface area contributed by atoms with Gasteiger partial charge in [0.05, 0.1) is 6.04 Å². The molecule has 1 rings (SSSR count). The molecular weight excluding hydrogens is 218 g/mol. The number of aromatic nitrogens is 4. The van der Waals surface area contributed by atoms with Crippen molar-refractivity contribution in [3.05, 3.63) is 5.82 Å². The molecule has 0 aromatic carbocycles. The van der Waals surface area contributed by atoms with Crippen molar-refractivity contribution in [2.75, 3.05) is 6.54 Å². The van der Waals surface area contributed by atoms with Gasteiger partial charge in [-0.25, -0.2) is 4.68 Å². The van der Waals surface area contributed by atoms with Crippen LogP contribution >= 0.6 is 0 Å². The van der Waals surface area contributed by atoms with Crippen molar-refractivity contribution in [1.82, 2.24) is 25.5 Å². The minimum Gasteiger partial charge on any atom is -0.355 e. The number of amides is 1. The predicted octanol–water partition coefficient (Wildman–Crippen LogP) is 0.959. The third-order valence-corrected chi connectivity index (χ3v) is 2.37. The van der Waals surface area contributed by atoms with E-state index in [2.05, 4.69) is 20.8 Å². The summed E-state index contributed by atoms with van der Waals surface area (Å²) < 4.78 is 1.77. The van der Waals surface area contributed by atoms with E-state index in [-0.39, 0.29) is 17.4 Å². The molecule has 0 aliphatic carbocycles. The van der Waals surface area contributed by atoms with Crippen LogP contribution in [0.15, 0.2) is 0 Å². The number of nitrogens with one attached hydrogen (secondary N) is 1. The predicted molar refractivity (Wildman–Crippen MR) is 64.4 cm³/mol. The molecule has 0 saturated heterocycles. The van der Waals surface area contributed by atoms with Crippen LogP contribution in [0.4, 0.5) is 0 Å². The van der Waals surface area contributed by atoms with Gasteiger partial charge in [0, 0.05) is 18.4 Å². The van der Waals surface area contributed by atoms with E-state index in [9.17, 15) is 4.79 Å². The summed E-state index contributed by atoms with van der Waals surface area (Å²) in [5.41, 5.74) is -0.357. The molecule has 6 heteroatoms. The van der Waals surface area contributed by atoms with Gasteiger partial charge in [-0.3, -0.25) is 4.79 Å². The average molecular weight is 239 g/mol. The lowest BCUT2D eigenvalue weighted by molar-refractivity contribution is -0.128. The topological polar surface area (TPSA) is 72.7 Å². The highest BCUT2D eigenvalue weighted by Crippen LogP contribution is 2.12. The van der Waals surface area contributed by atoms with E-state index in [1.165, 1.54) is 0 Å². The van der Waals surface area contributed by atoms with E-state index in [1.807, 2.05) is 34.6 Å². The van der Waals surface area contributed by atoms with Gasteiger partial charge in [0.1, 0.15) is 0 Å². The molecule has 0 unspecified atom stereocenters. The summed E-state index contributed by atoms with van der Waals surface area (Å²) in [5, 5.41) is 14.4.